The van der Waals surface area contributed by atoms with Crippen LogP contribution in [0.1, 0.15) is 11.1 Å². The molecule has 1 heterocycles. The molecule has 0 aliphatic rings. The van der Waals surface area contributed by atoms with Crippen molar-refractivity contribution in [3.05, 3.63) is 41.6 Å². The topological polar surface area (TPSA) is 12.9 Å². The molecule has 1 nitrogen and oxygen atoms in total. The van der Waals surface area contributed by atoms with Gasteiger partial charge in [-0.15, -0.1) is 0 Å². The quantitative estimate of drug-likeness (QED) is 0.649. The molecule has 1 aromatic carbocycles. The van der Waals surface area contributed by atoms with Gasteiger partial charge in [0, 0.05) is 11.6 Å². The van der Waals surface area contributed by atoms with Gasteiger partial charge in [-0.05, 0) is 30.7 Å². The molecular formula is C11H8F3N. The number of benzene rings is 1. The van der Waals surface area contributed by atoms with E-state index >= 15 is 0 Å². The Morgan fingerprint density at radius 3 is 2.53 bits per heavy atom. The lowest BCUT2D eigenvalue weighted by Gasteiger charge is -2.11. The van der Waals surface area contributed by atoms with Crippen molar-refractivity contribution < 1.29 is 13.2 Å². The number of hydrogen-bond donors (Lipinski definition) is 0. The number of nitrogens with zero attached hydrogens (tertiary/aromatic N) is 1. The van der Waals surface area contributed by atoms with Crippen molar-refractivity contribution in [3.8, 4) is 0 Å². The molecule has 0 bridgehead atoms. The van der Waals surface area contributed by atoms with E-state index in [0.29, 0.717) is 10.9 Å². The van der Waals surface area contributed by atoms with E-state index in [4.69, 9.17) is 0 Å². The second-order valence-electron chi connectivity index (χ2n) is 3.31. The molecule has 2 rings (SSSR count). The summed E-state index contributed by atoms with van der Waals surface area (Å²) in [4.78, 5) is 4.00. The minimum absolute atomic E-state index is 0.230. The van der Waals surface area contributed by atoms with Gasteiger partial charge in [0.25, 0.3) is 0 Å². The summed E-state index contributed by atoms with van der Waals surface area (Å²) in [6, 6.07) is 5.75. The minimum atomic E-state index is -4.30. The van der Waals surface area contributed by atoms with Crippen LogP contribution in [-0.4, -0.2) is 4.98 Å². The number of fused-ring (bicyclic) bond motifs is 1. The molecule has 0 aliphatic heterocycles. The average molecular weight is 211 g/mol. The number of halogens is 3. The van der Waals surface area contributed by atoms with E-state index < -0.39 is 11.7 Å². The fourth-order valence-corrected chi connectivity index (χ4v) is 1.61. The van der Waals surface area contributed by atoms with Crippen LogP contribution in [0.5, 0.6) is 0 Å². The van der Waals surface area contributed by atoms with Crippen molar-refractivity contribution in [1.29, 1.82) is 0 Å². The van der Waals surface area contributed by atoms with Crippen LogP contribution in [0.3, 0.4) is 0 Å². The summed E-state index contributed by atoms with van der Waals surface area (Å²) in [6.45, 7) is 1.47. The van der Waals surface area contributed by atoms with Gasteiger partial charge in [0.15, 0.2) is 0 Å². The van der Waals surface area contributed by atoms with Crippen LogP contribution < -0.4 is 0 Å². The van der Waals surface area contributed by atoms with Crippen LogP contribution in [0.4, 0.5) is 13.2 Å². The van der Waals surface area contributed by atoms with Gasteiger partial charge in [-0.3, -0.25) is 4.98 Å². The van der Waals surface area contributed by atoms with Crippen molar-refractivity contribution in [2.75, 3.05) is 0 Å². The number of hydrogen-bond acceptors (Lipinski definition) is 1. The Balaban J connectivity index is 2.76. The van der Waals surface area contributed by atoms with Gasteiger partial charge >= 0.3 is 6.18 Å². The fraction of sp³-hybridized carbons (Fsp3) is 0.182. The van der Waals surface area contributed by atoms with Gasteiger partial charge < -0.3 is 0 Å². The van der Waals surface area contributed by atoms with Gasteiger partial charge in [0.05, 0.1) is 11.1 Å². The fourth-order valence-electron chi connectivity index (χ4n) is 1.61. The summed E-state index contributed by atoms with van der Waals surface area (Å²) in [5.41, 5.74) is 0.221. The first-order valence-corrected chi connectivity index (χ1v) is 4.41. The third-order valence-electron chi connectivity index (χ3n) is 2.36. The Morgan fingerprint density at radius 2 is 1.87 bits per heavy atom. The monoisotopic (exact) mass is 211 g/mol. The lowest BCUT2D eigenvalue weighted by atomic mass is 10.0. The zero-order valence-corrected chi connectivity index (χ0v) is 7.97. The Hall–Kier alpha value is -1.58. The summed E-state index contributed by atoms with van der Waals surface area (Å²) in [7, 11) is 0. The molecule has 78 valence electrons. The normalized spacial score (nSPS) is 12.0. The van der Waals surface area contributed by atoms with Gasteiger partial charge in [-0.2, -0.15) is 13.2 Å². The summed E-state index contributed by atoms with van der Waals surface area (Å²) in [5, 5.41) is 0.548. The number of alkyl halides is 3. The Kier molecular flexibility index (Phi) is 2.14. The van der Waals surface area contributed by atoms with Crippen molar-refractivity contribution in [1.82, 2.24) is 4.98 Å². The number of pyridine rings is 1. The summed E-state index contributed by atoms with van der Waals surface area (Å²) in [5.74, 6) is 0. The summed E-state index contributed by atoms with van der Waals surface area (Å²) < 4.78 is 37.7. The first kappa shape index (κ1) is 9.96. The third-order valence-corrected chi connectivity index (χ3v) is 2.36. The highest BCUT2D eigenvalue weighted by Gasteiger charge is 2.32. The van der Waals surface area contributed by atoms with Gasteiger partial charge in [0.1, 0.15) is 0 Å². The highest BCUT2D eigenvalue weighted by atomic mass is 19.4. The van der Waals surface area contributed by atoms with Gasteiger partial charge in [-0.1, -0.05) is 6.07 Å². The van der Waals surface area contributed by atoms with Crippen molar-refractivity contribution in [2.45, 2.75) is 13.1 Å². The maximum absolute atomic E-state index is 12.6. The van der Waals surface area contributed by atoms with Crippen molar-refractivity contribution in [2.24, 2.45) is 0 Å². The van der Waals surface area contributed by atoms with Gasteiger partial charge in [0.2, 0.25) is 0 Å². The van der Waals surface area contributed by atoms with E-state index in [0.717, 1.165) is 6.07 Å². The Bertz CT molecular complexity index is 503. The van der Waals surface area contributed by atoms with Crippen LogP contribution >= 0.6 is 0 Å². The molecule has 15 heavy (non-hydrogen) atoms. The number of rotatable bonds is 0. The van der Waals surface area contributed by atoms with E-state index in [1.807, 2.05) is 0 Å². The first-order valence-electron chi connectivity index (χ1n) is 4.41. The zero-order chi connectivity index (χ0) is 11.1. The van der Waals surface area contributed by atoms with Crippen LogP contribution in [0, 0.1) is 6.92 Å². The van der Waals surface area contributed by atoms with Gasteiger partial charge in [-0.25, -0.2) is 0 Å². The van der Waals surface area contributed by atoms with Crippen LogP contribution in [0.15, 0.2) is 30.5 Å². The molecule has 0 saturated carbocycles. The Morgan fingerprint density at radius 1 is 1.13 bits per heavy atom. The van der Waals surface area contributed by atoms with Crippen LogP contribution in [0.2, 0.25) is 0 Å². The zero-order valence-electron chi connectivity index (χ0n) is 7.97. The highest BCUT2D eigenvalue weighted by Crippen LogP contribution is 2.34. The maximum Gasteiger partial charge on any atom is 0.416 e. The average Bonchev–Trinajstić information content (AvgIpc) is 2.16. The third kappa shape index (κ3) is 1.67. The van der Waals surface area contributed by atoms with E-state index in [2.05, 4.69) is 4.98 Å². The smallest absolute Gasteiger partial charge is 0.256 e. The second-order valence-corrected chi connectivity index (χ2v) is 3.31. The van der Waals surface area contributed by atoms with Crippen LogP contribution in [-0.2, 0) is 6.18 Å². The number of aromatic nitrogens is 1. The molecule has 0 aliphatic carbocycles. The molecule has 0 spiro atoms. The molecular weight excluding hydrogens is 203 g/mol. The predicted molar refractivity (Wildman–Crippen MR) is 51.5 cm³/mol. The highest BCUT2D eigenvalue weighted by molar-refractivity contribution is 5.83. The second kappa shape index (κ2) is 3.22. The molecule has 1 aromatic heterocycles. The van der Waals surface area contributed by atoms with Crippen LogP contribution in [0.25, 0.3) is 10.9 Å². The maximum atomic E-state index is 12.6. The molecule has 0 radical (unpaired) electrons. The molecule has 0 fully saturated rings. The van der Waals surface area contributed by atoms with Crippen molar-refractivity contribution >= 4 is 10.9 Å². The van der Waals surface area contributed by atoms with E-state index in [9.17, 15) is 13.2 Å². The molecule has 0 N–H and O–H groups in total. The van der Waals surface area contributed by atoms with E-state index in [1.54, 1.807) is 18.3 Å². The minimum Gasteiger partial charge on any atom is -0.256 e. The largest absolute Gasteiger partial charge is 0.416 e. The molecule has 0 atom stereocenters. The lowest BCUT2D eigenvalue weighted by Crippen LogP contribution is -2.07. The SMILES string of the molecule is Cc1c(C(F)(F)F)ccc2ncccc12. The summed E-state index contributed by atoms with van der Waals surface area (Å²) in [6.07, 6.45) is -2.73. The summed E-state index contributed by atoms with van der Waals surface area (Å²) >= 11 is 0. The molecule has 0 amide bonds. The molecule has 0 saturated heterocycles. The predicted octanol–water partition coefficient (Wildman–Crippen LogP) is 3.56. The lowest BCUT2D eigenvalue weighted by molar-refractivity contribution is -0.137. The van der Waals surface area contributed by atoms with Crippen molar-refractivity contribution in [3.63, 3.8) is 0 Å². The van der Waals surface area contributed by atoms with E-state index in [1.165, 1.54) is 13.0 Å². The van der Waals surface area contributed by atoms with E-state index in [-0.39, 0.29) is 5.56 Å². The standard InChI is InChI=1S/C11H8F3N/c1-7-8-3-2-6-15-10(8)5-4-9(7)11(12,13)14/h2-6H,1H3. The Labute approximate surface area is 84.6 Å². The first-order chi connectivity index (χ1) is 7.00. The molecule has 2 aromatic rings. The molecule has 4 heteroatoms. The number of aryl methyl sites for hydroxylation is 1. The molecule has 0 unspecified atom stereocenters.